The number of amides is 1. The predicted octanol–water partition coefficient (Wildman–Crippen LogP) is 1.12. The standard InChI is InChI=1S/C19H25N5O3/c1-12-16(13(2)27-21-12)11-23-8-14-4-5-15(10-23)24(9-14)19(26)17-6-7-18(25)22(3)20-17/h6-7,14-15H,4-5,8-11H2,1-3H3/t14-,15+/m0/s1. The molecular weight excluding hydrogens is 346 g/mol. The molecule has 144 valence electrons. The minimum Gasteiger partial charge on any atom is -0.361 e. The maximum atomic E-state index is 13.0. The fourth-order valence-electron chi connectivity index (χ4n) is 4.27. The average molecular weight is 371 g/mol. The van der Waals surface area contributed by atoms with Crippen molar-refractivity contribution in [3.8, 4) is 0 Å². The highest BCUT2D eigenvalue weighted by molar-refractivity contribution is 5.92. The van der Waals surface area contributed by atoms with Crippen LogP contribution in [0.5, 0.6) is 0 Å². The second-order valence-corrected chi connectivity index (χ2v) is 7.73. The molecule has 3 fully saturated rings. The molecule has 27 heavy (non-hydrogen) atoms. The minimum atomic E-state index is -0.213. The molecule has 2 atom stereocenters. The molecule has 0 aliphatic carbocycles. The van der Waals surface area contributed by atoms with Crippen LogP contribution in [0.4, 0.5) is 0 Å². The third-order valence-electron chi connectivity index (χ3n) is 5.79. The van der Waals surface area contributed by atoms with Gasteiger partial charge in [0.05, 0.1) is 5.69 Å². The summed E-state index contributed by atoms with van der Waals surface area (Å²) in [6.07, 6.45) is 2.13. The highest BCUT2D eigenvalue weighted by atomic mass is 16.5. The van der Waals surface area contributed by atoms with Gasteiger partial charge in [-0.25, -0.2) is 4.68 Å². The number of rotatable bonds is 3. The molecule has 2 aromatic heterocycles. The highest BCUT2D eigenvalue weighted by Crippen LogP contribution is 2.30. The Hall–Kier alpha value is -2.48. The van der Waals surface area contributed by atoms with Crippen LogP contribution in [-0.2, 0) is 13.6 Å². The molecule has 5 heterocycles. The summed E-state index contributed by atoms with van der Waals surface area (Å²) in [6.45, 7) is 7.26. The molecule has 0 radical (unpaired) electrons. The van der Waals surface area contributed by atoms with Crippen molar-refractivity contribution in [2.75, 3.05) is 19.6 Å². The van der Waals surface area contributed by atoms with E-state index in [9.17, 15) is 9.59 Å². The number of hydrogen-bond donors (Lipinski definition) is 0. The molecule has 8 heteroatoms. The molecule has 0 aromatic carbocycles. The number of carbonyl (C=O) groups is 1. The number of aryl methyl sites for hydroxylation is 3. The van der Waals surface area contributed by atoms with Crippen LogP contribution >= 0.6 is 0 Å². The van der Waals surface area contributed by atoms with Gasteiger partial charge in [-0.15, -0.1) is 0 Å². The summed E-state index contributed by atoms with van der Waals surface area (Å²) >= 11 is 0. The Morgan fingerprint density at radius 1 is 1.22 bits per heavy atom. The van der Waals surface area contributed by atoms with Gasteiger partial charge in [-0.3, -0.25) is 14.5 Å². The molecule has 1 amide bonds. The number of hydrogen-bond acceptors (Lipinski definition) is 6. The Bertz CT molecular complexity index is 899. The molecule has 3 saturated heterocycles. The largest absolute Gasteiger partial charge is 0.361 e. The van der Waals surface area contributed by atoms with E-state index in [1.165, 1.54) is 16.8 Å². The van der Waals surface area contributed by atoms with Gasteiger partial charge < -0.3 is 9.42 Å². The average Bonchev–Trinajstić information content (AvgIpc) is 2.83. The van der Waals surface area contributed by atoms with Gasteiger partial charge in [0.1, 0.15) is 11.5 Å². The molecule has 3 aliphatic rings. The maximum absolute atomic E-state index is 13.0. The lowest BCUT2D eigenvalue weighted by molar-refractivity contribution is 0.0576. The lowest BCUT2D eigenvalue weighted by Crippen LogP contribution is -2.48. The molecule has 0 spiro atoms. The predicted molar refractivity (Wildman–Crippen MR) is 98.3 cm³/mol. The summed E-state index contributed by atoms with van der Waals surface area (Å²) in [5, 5.41) is 8.20. The lowest BCUT2D eigenvalue weighted by Gasteiger charge is -2.36. The van der Waals surface area contributed by atoms with Gasteiger partial charge in [0.15, 0.2) is 0 Å². The summed E-state index contributed by atoms with van der Waals surface area (Å²) in [4.78, 5) is 29.0. The summed E-state index contributed by atoms with van der Waals surface area (Å²) in [6, 6.07) is 3.10. The van der Waals surface area contributed by atoms with Crippen molar-refractivity contribution < 1.29 is 9.32 Å². The molecule has 8 nitrogen and oxygen atoms in total. The first-order chi connectivity index (χ1) is 12.9. The Morgan fingerprint density at radius 3 is 2.74 bits per heavy atom. The highest BCUT2D eigenvalue weighted by Gasteiger charge is 2.38. The van der Waals surface area contributed by atoms with E-state index in [2.05, 4.69) is 15.2 Å². The monoisotopic (exact) mass is 371 g/mol. The quantitative estimate of drug-likeness (QED) is 0.804. The molecule has 0 unspecified atom stereocenters. The van der Waals surface area contributed by atoms with Crippen molar-refractivity contribution in [1.82, 2.24) is 24.7 Å². The van der Waals surface area contributed by atoms with Gasteiger partial charge in [-0.1, -0.05) is 5.16 Å². The van der Waals surface area contributed by atoms with Crippen LogP contribution in [0.1, 0.15) is 40.3 Å². The Balaban J connectivity index is 1.53. The third-order valence-corrected chi connectivity index (χ3v) is 5.79. The molecule has 2 aromatic rings. The van der Waals surface area contributed by atoms with Gasteiger partial charge in [0.2, 0.25) is 0 Å². The Morgan fingerprint density at radius 2 is 2.04 bits per heavy atom. The molecule has 0 N–H and O–H groups in total. The summed E-state index contributed by atoms with van der Waals surface area (Å²) in [5.41, 5.74) is 2.21. The zero-order chi connectivity index (χ0) is 19.1. The second-order valence-electron chi connectivity index (χ2n) is 7.73. The van der Waals surface area contributed by atoms with Crippen LogP contribution in [0.15, 0.2) is 21.5 Å². The van der Waals surface area contributed by atoms with Crippen LogP contribution in [0.25, 0.3) is 0 Å². The summed E-state index contributed by atoms with van der Waals surface area (Å²) < 4.78 is 6.51. The van der Waals surface area contributed by atoms with E-state index in [1.54, 1.807) is 7.05 Å². The summed E-state index contributed by atoms with van der Waals surface area (Å²) in [5.74, 6) is 1.23. The van der Waals surface area contributed by atoms with Crippen molar-refractivity contribution >= 4 is 5.91 Å². The van der Waals surface area contributed by atoms with Crippen LogP contribution < -0.4 is 5.56 Å². The number of piperidine rings is 1. The van der Waals surface area contributed by atoms with Crippen molar-refractivity contribution in [1.29, 1.82) is 0 Å². The van der Waals surface area contributed by atoms with Gasteiger partial charge in [0.25, 0.3) is 11.5 Å². The SMILES string of the molecule is Cc1noc(C)c1CN1C[C@@H]2CC[C@H](C1)N(C(=O)c1ccc(=O)n(C)n1)C2. The van der Waals surface area contributed by atoms with Gasteiger partial charge in [0, 0.05) is 50.9 Å². The topological polar surface area (TPSA) is 84.5 Å². The first-order valence-corrected chi connectivity index (χ1v) is 9.42. The van der Waals surface area contributed by atoms with Crippen molar-refractivity contribution in [2.24, 2.45) is 13.0 Å². The first kappa shape index (κ1) is 17.9. The van der Waals surface area contributed by atoms with Gasteiger partial charge >= 0.3 is 0 Å². The number of fused-ring (bicyclic) bond motifs is 4. The normalized spacial score (nSPS) is 22.9. The third kappa shape index (κ3) is 3.41. The smallest absolute Gasteiger partial charge is 0.274 e. The molecule has 0 saturated carbocycles. The number of aromatic nitrogens is 3. The van der Waals surface area contributed by atoms with E-state index in [0.717, 1.165) is 56.0 Å². The number of carbonyl (C=O) groups excluding carboxylic acids is 1. The lowest BCUT2D eigenvalue weighted by atomic mass is 9.94. The Labute approximate surface area is 157 Å². The molecular formula is C19H25N5O3. The first-order valence-electron chi connectivity index (χ1n) is 9.42. The van der Waals surface area contributed by atoms with Crippen molar-refractivity contribution in [3.05, 3.63) is 45.2 Å². The second kappa shape index (κ2) is 6.92. The van der Waals surface area contributed by atoms with Crippen LogP contribution in [-0.4, -0.2) is 56.3 Å². The minimum absolute atomic E-state index is 0.0838. The molecule has 2 bridgehead atoms. The maximum Gasteiger partial charge on any atom is 0.274 e. The molecule has 5 rings (SSSR count). The van der Waals surface area contributed by atoms with Crippen LogP contribution in [0.2, 0.25) is 0 Å². The van der Waals surface area contributed by atoms with Crippen molar-refractivity contribution in [3.63, 3.8) is 0 Å². The van der Waals surface area contributed by atoms with Gasteiger partial charge in [-0.2, -0.15) is 5.10 Å². The van der Waals surface area contributed by atoms with E-state index in [-0.39, 0.29) is 17.5 Å². The fourth-order valence-corrected chi connectivity index (χ4v) is 4.27. The van der Waals surface area contributed by atoms with E-state index in [4.69, 9.17) is 4.52 Å². The van der Waals surface area contributed by atoms with Crippen LogP contribution in [0.3, 0.4) is 0 Å². The zero-order valence-corrected chi connectivity index (χ0v) is 16.0. The van der Waals surface area contributed by atoms with Gasteiger partial charge in [-0.05, 0) is 38.7 Å². The van der Waals surface area contributed by atoms with E-state index in [1.807, 2.05) is 18.7 Å². The fraction of sp³-hybridized carbons (Fsp3) is 0.579. The van der Waals surface area contributed by atoms with E-state index >= 15 is 0 Å². The zero-order valence-electron chi connectivity index (χ0n) is 16.0. The van der Waals surface area contributed by atoms with Crippen LogP contribution in [0, 0.1) is 19.8 Å². The molecule has 3 aliphatic heterocycles. The van der Waals surface area contributed by atoms with E-state index < -0.39 is 0 Å². The van der Waals surface area contributed by atoms with E-state index in [0.29, 0.717) is 11.6 Å². The summed E-state index contributed by atoms with van der Waals surface area (Å²) in [7, 11) is 1.57. The van der Waals surface area contributed by atoms with Crippen molar-refractivity contribution in [2.45, 2.75) is 39.3 Å². The number of nitrogens with zero attached hydrogens (tertiary/aromatic N) is 5. The Kier molecular flexibility index (Phi) is 4.59.